The Morgan fingerprint density at radius 2 is 2.29 bits per heavy atom. The third kappa shape index (κ3) is 4.70. The number of likely N-dealkylation sites (tertiary alicyclic amines) is 1. The predicted molar refractivity (Wildman–Crippen MR) is 63.5 cm³/mol. The van der Waals surface area contributed by atoms with Gasteiger partial charge in [-0.25, -0.2) is 0 Å². The fourth-order valence-corrected chi connectivity index (χ4v) is 1.75. The molecule has 0 aromatic heterocycles. The molecule has 0 aromatic rings. The minimum absolute atomic E-state index is 0.0200. The minimum atomic E-state index is -0.119. The number of nitrogens with one attached hydrogen (secondary N) is 2. The highest BCUT2D eigenvalue weighted by Gasteiger charge is 2.28. The van der Waals surface area contributed by atoms with Crippen molar-refractivity contribution in [3.05, 3.63) is 0 Å². The highest BCUT2D eigenvalue weighted by Crippen LogP contribution is 2.07. The molecule has 0 bridgehead atoms. The van der Waals surface area contributed by atoms with E-state index in [4.69, 9.17) is 4.74 Å². The van der Waals surface area contributed by atoms with Gasteiger partial charge in [-0.05, 0) is 6.42 Å². The number of carbonyl (C=O) groups is 2. The molecule has 1 aliphatic heterocycles. The second-order valence-corrected chi connectivity index (χ2v) is 4.15. The monoisotopic (exact) mass is 243 g/mol. The second-order valence-electron chi connectivity index (χ2n) is 4.15. The summed E-state index contributed by atoms with van der Waals surface area (Å²) in [5.74, 6) is 0.0955. The molecule has 17 heavy (non-hydrogen) atoms. The molecule has 1 rings (SSSR count). The Balaban J connectivity index is 2.07. The van der Waals surface area contributed by atoms with Crippen molar-refractivity contribution in [2.24, 2.45) is 0 Å². The number of amides is 2. The van der Waals surface area contributed by atoms with E-state index in [1.54, 1.807) is 19.1 Å². The molecule has 1 unspecified atom stereocenters. The molecule has 98 valence electrons. The summed E-state index contributed by atoms with van der Waals surface area (Å²) in [5.41, 5.74) is 0. The SMILES string of the molecule is COCCNC(=O)CCNC1CCN(C)C1=O. The lowest BCUT2D eigenvalue weighted by molar-refractivity contribution is -0.128. The first-order chi connectivity index (χ1) is 8.15. The quantitative estimate of drug-likeness (QED) is 0.560. The number of nitrogens with zero attached hydrogens (tertiary/aromatic N) is 1. The molecule has 2 amide bonds. The first-order valence-corrected chi connectivity index (χ1v) is 5.89. The van der Waals surface area contributed by atoms with E-state index in [9.17, 15) is 9.59 Å². The zero-order valence-electron chi connectivity index (χ0n) is 10.5. The molecular weight excluding hydrogens is 222 g/mol. The van der Waals surface area contributed by atoms with Crippen LogP contribution in [0.15, 0.2) is 0 Å². The largest absolute Gasteiger partial charge is 0.383 e. The van der Waals surface area contributed by atoms with Crippen molar-refractivity contribution in [3.8, 4) is 0 Å². The molecule has 0 aliphatic carbocycles. The molecule has 1 fully saturated rings. The van der Waals surface area contributed by atoms with E-state index in [2.05, 4.69) is 10.6 Å². The molecular formula is C11H21N3O3. The van der Waals surface area contributed by atoms with Crippen LogP contribution in [0, 0.1) is 0 Å². The van der Waals surface area contributed by atoms with Gasteiger partial charge in [0.2, 0.25) is 11.8 Å². The summed E-state index contributed by atoms with van der Waals surface area (Å²) in [7, 11) is 3.39. The zero-order chi connectivity index (χ0) is 12.7. The minimum Gasteiger partial charge on any atom is -0.383 e. The van der Waals surface area contributed by atoms with Gasteiger partial charge in [-0.15, -0.1) is 0 Å². The van der Waals surface area contributed by atoms with Gasteiger partial charge in [0.15, 0.2) is 0 Å². The molecule has 0 spiro atoms. The Morgan fingerprint density at radius 3 is 2.88 bits per heavy atom. The Kier molecular flexibility index (Phi) is 5.93. The van der Waals surface area contributed by atoms with Gasteiger partial charge in [0.05, 0.1) is 12.6 Å². The van der Waals surface area contributed by atoms with Gasteiger partial charge < -0.3 is 20.3 Å². The summed E-state index contributed by atoms with van der Waals surface area (Å²) in [6.07, 6.45) is 1.21. The molecule has 1 atom stereocenters. The van der Waals surface area contributed by atoms with Crippen molar-refractivity contribution in [1.82, 2.24) is 15.5 Å². The standard InChI is InChI=1S/C11H21N3O3/c1-14-7-4-9(11(14)16)12-5-3-10(15)13-6-8-17-2/h9,12H,3-8H2,1-2H3,(H,13,15). The van der Waals surface area contributed by atoms with Crippen LogP contribution in [-0.4, -0.2) is 63.2 Å². The van der Waals surface area contributed by atoms with Crippen LogP contribution in [-0.2, 0) is 14.3 Å². The smallest absolute Gasteiger partial charge is 0.239 e. The van der Waals surface area contributed by atoms with Gasteiger partial charge in [0, 0.05) is 40.2 Å². The summed E-state index contributed by atoms with van der Waals surface area (Å²) in [6.45, 7) is 2.37. The maximum atomic E-state index is 11.5. The third-order valence-electron chi connectivity index (χ3n) is 2.80. The van der Waals surface area contributed by atoms with Crippen molar-refractivity contribution in [3.63, 3.8) is 0 Å². The first kappa shape index (κ1) is 13.9. The van der Waals surface area contributed by atoms with Crippen LogP contribution in [0.3, 0.4) is 0 Å². The number of likely N-dealkylation sites (N-methyl/N-ethyl adjacent to an activating group) is 1. The fourth-order valence-electron chi connectivity index (χ4n) is 1.75. The Bertz CT molecular complexity index is 271. The number of hydrogen-bond donors (Lipinski definition) is 2. The Hall–Kier alpha value is -1.14. The Labute approximate surface area is 102 Å². The fraction of sp³-hybridized carbons (Fsp3) is 0.818. The van der Waals surface area contributed by atoms with E-state index < -0.39 is 0 Å². The Morgan fingerprint density at radius 1 is 1.53 bits per heavy atom. The number of carbonyl (C=O) groups excluding carboxylic acids is 2. The van der Waals surface area contributed by atoms with Crippen molar-refractivity contribution >= 4 is 11.8 Å². The lowest BCUT2D eigenvalue weighted by Crippen LogP contribution is -2.39. The highest BCUT2D eigenvalue weighted by atomic mass is 16.5. The molecule has 1 aliphatic rings. The van der Waals surface area contributed by atoms with Gasteiger partial charge in [-0.3, -0.25) is 9.59 Å². The number of hydrogen-bond acceptors (Lipinski definition) is 4. The normalized spacial score (nSPS) is 19.8. The van der Waals surface area contributed by atoms with Crippen LogP contribution in [0.5, 0.6) is 0 Å². The van der Waals surface area contributed by atoms with E-state index in [0.717, 1.165) is 13.0 Å². The van der Waals surface area contributed by atoms with Gasteiger partial charge in [-0.1, -0.05) is 0 Å². The van der Waals surface area contributed by atoms with Gasteiger partial charge in [0.25, 0.3) is 0 Å². The van der Waals surface area contributed by atoms with E-state index in [1.807, 2.05) is 0 Å². The third-order valence-corrected chi connectivity index (χ3v) is 2.80. The summed E-state index contributed by atoms with van der Waals surface area (Å²) < 4.78 is 4.82. The van der Waals surface area contributed by atoms with E-state index in [1.165, 1.54) is 0 Å². The van der Waals surface area contributed by atoms with Crippen molar-refractivity contribution in [2.75, 3.05) is 40.4 Å². The highest BCUT2D eigenvalue weighted by molar-refractivity contribution is 5.83. The first-order valence-electron chi connectivity index (χ1n) is 5.89. The average molecular weight is 243 g/mol. The number of methoxy groups -OCH3 is 1. The molecule has 6 heteroatoms. The number of rotatable bonds is 7. The van der Waals surface area contributed by atoms with Crippen molar-refractivity contribution < 1.29 is 14.3 Å². The lowest BCUT2D eigenvalue weighted by atomic mass is 10.2. The van der Waals surface area contributed by atoms with Crippen LogP contribution < -0.4 is 10.6 Å². The summed E-state index contributed by atoms with van der Waals surface area (Å²) in [6, 6.07) is -0.119. The molecule has 6 nitrogen and oxygen atoms in total. The van der Waals surface area contributed by atoms with Gasteiger partial charge in [0.1, 0.15) is 0 Å². The van der Waals surface area contributed by atoms with Crippen LogP contribution in [0.1, 0.15) is 12.8 Å². The van der Waals surface area contributed by atoms with Gasteiger partial charge >= 0.3 is 0 Å². The van der Waals surface area contributed by atoms with Crippen LogP contribution >= 0.6 is 0 Å². The lowest BCUT2D eigenvalue weighted by Gasteiger charge is -2.12. The molecule has 0 saturated carbocycles. The topological polar surface area (TPSA) is 70.7 Å². The molecule has 1 saturated heterocycles. The number of ether oxygens (including phenoxy) is 1. The summed E-state index contributed by atoms with van der Waals surface area (Å²) >= 11 is 0. The summed E-state index contributed by atoms with van der Waals surface area (Å²) in [4.78, 5) is 24.6. The van der Waals surface area contributed by atoms with Crippen molar-refractivity contribution in [1.29, 1.82) is 0 Å². The average Bonchev–Trinajstić information content (AvgIpc) is 2.61. The summed E-state index contributed by atoms with van der Waals surface area (Å²) in [5, 5.41) is 5.83. The van der Waals surface area contributed by atoms with Gasteiger partial charge in [-0.2, -0.15) is 0 Å². The maximum Gasteiger partial charge on any atom is 0.239 e. The van der Waals surface area contributed by atoms with Crippen LogP contribution in [0.4, 0.5) is 0 Å². The van der Waals surface area contributed by atoms with E-state index >= 15 is 0 Å². The van der Waals surface area contributed by atoms with Crippen molar-refractivity contribution in [2.45, 2.75) is 18.9 Å². The zero-order valence-corrected chi connectivity index (χ0v) is 10.5. The predicted octanol–water partition coefficient (Wildman–Crippen LogP) is -1.04. The second kappa shape index (κ2) is 7.24. The van der Waals surface area contributed by atoms with Crippen LogP contribution in [0.2, 0.25) is 0 Å². The molecule has 0 aromatic carbocycles. The van der Waals surface area contributed by atoms with E-state index in [-0.39, 0.29) is 17.9 Å². The maximum absolute atomic E-state index is 11.5. The molecule has 1 heterocycles. The van der Waals surface area contributed by atoms with Crippen LogP contribution in [0.25, 0.3) is 0 Å². The molecule has 0 radical (unpaired) electrons. The molecule has 2 N–H and O–H groups in total. The van der Waals surface area contributed by atoms with E-state index in [0.29, 0.717) is 26.1 Å².